The van der Waals surface area contributed by atoms with Crippen LogP contribution in [0.4, 0.5) is 4.39 Å². The minimum atomic E-state index is -0.656. The molecule has 0 aromatic heterocycles. The molecule has 0 bridgehead atoms. The van der Waals surface area contributed by atoms with Gasteiger partial charge < -0.3 is 10.8 Å². The maximum absolute atomic E-state index is 13.1. The van der Waals surface area contributed by atoms with Crippen LogP contribution in [0.3, 0.4) is 0 Å². The fourth-order valence-electron chi connectivity index (χ4n) is 1.20. The van der Waals surface area contributed by atoms with Crippen LogP contribution < -0.4 is 5.73 Å². The lowest BCUT2D eigenvalue weighted by Crippen LogP contribution is -2.22. The number of aryl methyl sites for hydroxylation is 1. The fourth-order valence-corrected chi connectivity index (χ4v) is 1.20. The maximum Gasteiger partial charge on any atom is 0.126 e. The van der Waals surface area contributed by atoms with E-state index in [-0.39, 0.29) is 18.8 Å². The zero-order valence-corrected chi connectivity index (χ0v) is 7.63. The topological polar surface area (TPSA) is 46.2 Å². The molecule has 1 atom stereocenters. The van der Waals surface area contributed by atoms with Crippen molar-refractivity contribution in [2.45, 2.75) is 19.4 Å². The molecule has 2 nitrogen and oxygen atoms in total. The summed E-state index contributed by atoms with van der Waals surface area (Å²) in [6.45, 7) is 2.05. The summed E-state index contributed by atoms with van der Waals surface area (Å²) in [6, 6.07) is 4.84. The molecule has 0 spiro atoms. The summed E-state index contributed by atoms with van der Waals surface area (Å²) in [5.41, 5.74) is 6.75. The van der Waals surface area contributed by atoms with E-state index in [0.29, 0.717) is 5.56 Å². The quantitative estimate of drug-likeness (QED) is 0.734. The molecule has 0 amide bonds. The second kappa shape index (κ2) is 4.35. The molecule has 0 radical (unpaired) electrons. The van der Waals surface area contributed by atoms with Crippen molar-refractivity contribution < 1.29 is 9.50 Å². The summed E-state index contributed by atoms with van der Waals surface area (Å²) in [6.07, 6.45) is -0.374. The van der Waals surface area contributed by atoms with Gasteiger partial charge in [0, 0.05) is 13.0 Å². The Morgan fingerprint density at radius 3 is 2.85 bits per heavy atom. The van der Waals surface area contributed by atoms with E-state index in [2.05, 4.69) is 0 Å². The van der Waals surface area contributed by atoms with Crippen molar-refractivity contribution in [3.05, 3.63) is 35.1 Å². The Balaban J connectivity index is 2.81. The van der Waals surface area contributed by atoms with Gasteiger partial charge in [-0.25, -0.2) is 4.39 Å². The Morgan fingerprint density at radius 1 is 1.54 bits per heavy atom. The predicted octanol–water partition coefficient (Wildman–Crippen LogP) is 0.996. The SMILES string of the molecule is Cc1ccc(F)c(CC(O)CN)c1. The molecule has 0 saturated carbocycles. The lowest BCUT2D eigenvalue weighted by molar-refractivity contribution is 0.182. The van der Waals surface area contributed by atoms with E-state index >= 15 is 0 Å². The smallest absolute Gasteiger partial charge is 0.126 e. The van der Waals surface area contributed by atoms with Gasteiger partial charge in [0.1, 0.15) is 5.82 Å². The zero-order chi connectivity index (χ0) is 9.84. The highest BCUT2D eigenvalue weighted by atomic mass is 19.1. The summed E-state index contributed by atoms with van der Waals surface area (Å²) in [4.78, 5) is 0. The van der Waals surface area contributed by atoms with Crippen molar-refractivity contribution >= 4 is 0 Å². The molecule has 0 aliphatic carbocycles. The highest BCUT2D eigenvalue weighted by molar-refractivity contribution is 5.24. The number of aliphatic hydroxyl groups is 1. The number of aliphatic hydroxyl groups excluding tert-OH is 1. The molecular weight excluding hydrogens is 169 g/mol. The molecule has 3 heteroatoms. The van der Waals surface area contributed by atoms with Crippen LogP contribution in [-0.2, 0) is 6.42 Å². The number of hydrogen-bond donors (Lipinski definition) is 2. The monoisotopic (exact) mass is 183 g/mol. The minimum Gasteiger partial charge on any atom is -0.391 e. The van der Waals surface area contributed by atoms with Crippen molar-refractivity contribution in [2.75, 3.05) is 6.54 Å². The van der Waals surface area contributed by atoms with E-state index in [1.165, 1.54) is 6.07 Å². The van der Waals surface area contributed by atoms with E-state index in [1.54, 1.807) is 12.1 Å². The van der Waals surface area contributed by atoms with Gasteiger partial charge in [-0.05, 0) is 18.6 Å². The van der Waals surface area contributed by atoms with Gasteiger partial charge in [-0.3, -0.25) is 0 Å². The molecule has 1 aromatic carbocycles. The third kappa shape index (κ3) is 2.79. The summed E-state index contributed by atoms with van der Waals surface area (Å²) in [7, 11) is 0. The van der Waals surface area contributed by atoms with Gasteiger partial charge in [0.2, 0.25) is 0 Å². The summed E-state index contributed by atoms with van der Waals surface area (Å²) in [5.74, 6) is -0.280. The molecule has 0 fully saturated rings. The molecular formula is C10H14FNO. The normalized spacial score (nSPS) is 12.9. The summed E-state index contributed by atoms with van der Waals surface area (Å²) in [5, 5.41) is 9.24. The highest BCUT2D eigenvalue weighted by Gasteiger charge is 2.07. The standard InChI is InChI=1S/C10H14FNO/c1-7-2-3-10(11)8(4-7)5-9(13)6-12/h2-4,9,13H,5-6,12H2,1H3. The molecule has 72 valence electrons. The number of benzene rings is 1. The molecule has 0 heterocycles. The first-order valence-corrected chi connectivity index (χ1v) is 4.26. The predicted molar refractivity (Wildman–Crippen MR) is 49.9 cm³/mol. The Hall–Kier alpha value is -0.930. The molecule has 1 rings (SSSR count). The zero-order valence-electron chi connectivity index (χ0n) is 7.63. The Bertz CT molecular complexity index is 288. The Kier molecular flexibility index (Phi) is 3.39. The second-order valence-electron chi connectivity index (χ2n) is 3.19. The molecule has 13 heavy (non-hydrogen) atoms. The van der Waals surface area contributed by atoms with Gasteiger partial charge >= 0.3 is 0 Å². The fraction of sp³-hybridized carbons (Fsp3) is 0.400. The van der Waals surface area contributed by atoms with Gasteiger partial charge in [-0.2, -0.15) is 0 Å². The molecule has 0 aliphatic heterocycles. The third-order valence-corrected chi connectivity index (χ3v) is 1.93. The van der Waals surface area contributed by atoms with E-state index in [0.717, 1.165) is 5.56 Å². The van der Waals surface area contributed by atoms with Crippen LogP contribution in [0.1, 0.15) is 11.1 Å². The van der Waals surface area contributed by atoms with Crippen LogP contribution in [-0.4, -0.2) is 17.8 Å². The summed E-state index contributed by atoms with van der Waals surface area (Å²) >= 11 is 0. The van der Waals surface area contributed by atoms with Crippen LogP contribution in [0.25, 0.3) is 0 Å². The van der Waals surface area contributed by atoms with Crippen molar-refractivity contribution in [1.82, 2.24) is 0 Å². The first-order valence-electron chi connectivity index (χ1n) is 4.26. The van der Waals surface area contributed by atoms with E-state index < -0.39 is 6.10 Å². The van der Waals surface area contributed by atoms with Crippen LogP contribution in [0.15, 0.2) is 18.2 Å². The molecule has 1 unspecified atom stereocenters. The molecule has 0 aliphatic rings. The van der Waals surface area contributed by atoms with E-state index in [9.17, 15) is 9.50 Å². The Labute approximate surface area is 77.2 Å². The van der Waals surface area contributed by atoms with Crippen molar-refractivity contribution in [2.24, 2.45) is 5.73 Å². The average Bonchev–Trinajstić information content (AvgIpc) is 2.11. The van der Waals surface area contributed by atoms with Gasteiger partial charge in [0.05, 0.1) is 6.10 Å². The van der Waals surface area contributed by atoms with Crippen molar-refractivity contribution in [1.29, 1.82) is 0 Å². The molecule has 0 saturated heterocycles. The van der Waals surface area contributed by atoms with Crippen LogP contribution >= 0.6 is 0 Å². The lowest BCUT2D eigenvalue weighted by atomic mass is 10.0. The maximum atomic E-state index is 13.1. The van der Waals surface area contributed by atoms with Crippen LogP contribution in [0, 0.1) is 12.7 Å². The lowest BCUT2D eigenvalue weighted by Gasteiger charge is -2.08. The first kappa shape index (κ1) is 10.2. The molecule has 1 aromatic rings. The number of rotatable bonds is 3. The third-order valence-electron chi connectivity index (χ3n) is 1.93. The number of hydrogen-bond acceptors (Lipinski definition) is 2. The number of nitrogens with two attached hydrogens (primary N) is 1. The largest absolute Gasteiger partial charge is 0.391 e. The van der Waals surface area contributed by atoms with Crippen molar-refractivity contribution in [3.8, 4) is 0 Å². The molecule has 3 N–H and O–H groups in total. The van der Waals surface area contributed by atoms with Crippen molar-refractivity contribution in [3.63, 3.8) is 0 Å². The Morgan fingerprint density at radius 2 is 2.23 bits per heavy atom. The van der Waals surface area contributed by atoms with Crippen LogP contribution in [0.2, 0.25) is 0 Å². The first-order chi connectivity index (χ1) is 6.13. The van der Waals surface area contributed by atoms with Crippen LogP contribution in [0.5, 0.6) is 0 Å². The second-order valence-corrected chi connectivity index (χ2v) is 3.19. The van der Waals surface area contributed by atoms with Gasteiger partial charge in [0.25, 0.3) is 0 Å². The van der Waals surface area contributed by atoms with Gasteiger partial charge in [-0.15, -0.1) is 0 Å². The van der Waals surface area contributed by atoms with Gasteiger partial charge in [-0.1, -0.05) is 17.7 Å². The van der Waals surface area contributed by atoms with Gasteiger partial charge in [0.15, 0.2) is 0 Å². The average molecular weight is 183 g/mol. The van der Waals surface area contributed by atoms with E-state index in [4.69, 9.17) is 5.73 Å². The van der Waals surface area contributed by atoms with E-state index in [1.807, 2.05) is 6.92 Å². The number of halogens is 1. The minimum absolute atomic E-state index is 0.160. The summed E-state index contributed by atoms with van der Waals surface area (Å²) < 4.78 is 13.1. The highest BCUT2D eigenvalue weighted by Crippen LogP contribution is 2.11.